The molecule has 1 N–H and O–H groups in total. The van der Waals surface area contributed by atoms with E-state index in [1.54, 1.807) is 27.4 Å². The minimum absolute atomic E-state index is 0.587. The Morgan fingerprint density at radius 1 is 0.885 bits per heavy atom. The van der Waals surface area contributed by atoms with Gasteiger partial charge in [0.2, 0.25) is 0 Å². The summed E-state index contributed by atoms with van der Waals surface area (Å²) in [5, 5.41) is 4.03. The van der Waals surface area contributed by atoms with Gasteiger partial charge in [-0.05, 0) is 24.1 Å². The van der Waals surface area contributed by atoms with E-state index in [1.165, 1.54) is 0 Å². The normalized spacial score (nSPS) is 10.5. The molecule has 0 aliphatic heterocycles. The van der Waals surface area contributed by atoms with E-state index in [0.29, 0.717) is 36.2 Å². The summed E-state index contributed by atoms with van der Waals surface area (Å²) >= 11 is 6.35. The van der Waals surface area contributed by atoms with Crippen LogP contribution in [-0.4, -0.2) is 27.9 Å². The first-order chi connectivity index (χ1) is 12.6. The highest BCUT2D eigenvalue weighted by atomic mass is 35.5. The zero-order valence-corrected chi connectivity index (χ0v) is 16.5. The second kappa shape index (κ2) is 10.1. The minimum atomic E-state index is 0.587. The van der Waals surface area contributed by atoms with E-state index in [2.05, 4.69) is 12.2 Å². The lowest BCUT2D eigenvalue weighted by Gasteiger charge is -2.16. The van der Waals surface area contributed by atoms with Crippen molar-refractivity contribution >= 4 is 11.6 Å². The van der Waals surface area contributed by atoms with Crippen LogP contribution < -0.4 is 24.3 Å². The molecule has 6 heteroatoms. The van der Waals surface area contributed by atoms with Crippen molar-refractivity contribution in [2.24, 2.45) is 0 Å². The van der Waals surface area contributed by atoms with Gasteiger partial charge in [0.1, 0.15) is 0 Å². The Morgan fingerprint density at radius 3 is 2.19 bits per heavy atom. The Labute approximate surface area is 160 Å². The van der Waals surface area contributed by atoms with Crippen molar-refractivity contribution in [3.63, 3.8) is 0 Å². The Bertz CT molecular complexity index is 721. The maximum absolute atomic E-state index is 6.35. The zero-order valence-electron chi connectivity index (χ0n) is 15.7. The minimum Gasteiger partial charge on any atom is -0.493 e. The standard InChI is InChI=1S/C20H26ClNO4/c1-5-9-26-20-14(7-6-8-17(20)23-2)12-22-13-15-10-18(24-3)19(25-4)11-16(15)21/h6-8,10-11,22H,5,9,12-13H2,1-4H3. The van der Waals surface area contributed by atoms with Gasteiger partial charge in [0.05, 0.1) is 27.9 Å². The third-order valence-electron chi connectivity index (χ3n) is 3.91. The fraction of sp³-hybridized carbons (Fsp3) is 0.400. The maximum Gasteiger partial charge on any atom is 0.165 e. The van der Waals surface area contributed by atoms with Gasteiger partial charge in [0.15, 0.2) is 23.0 Å². The molecule has 0 radical (unpaired) electrons. The highest BCUT2D eigenvalue weighted by Gasteiger charge is 2.12. The summed E-state index contributed by atoms with van der Waals surface area (Å²) in [6, 6.07) is 9.53. The van der Waals surface area contributed by atoms with Crippen LogP contribution in [0.2, 0.25) is 5.02 Å². The van der Waals surface area contributed by atoms with E-state index >= 15 is 0 Å². The molecule has 2 rings (SSSR count). The lowest BCUT2D eigenvalue weighted by Crippen LogP contribution is -2.14. The van der Waals surface area contributed by atoms with Crippen LogP contribution in [0.15, 0.2) is 30.3 Å². The summed E-state index contributed by atoms with van der Waals surface area (Å²) in [7, 11) is 4.85. The molecule has 0 aromatic heterocycles. The second-order valence-electron chi connectivity index (χ2n) is 5.70. The number of benzene rings is 2. The molecule has 0 heterocycles. The molecular formula is C20H26ClNO4. The number of ether oxygens (including phenoxy) is 4. The largest absolute Gasteiger partial charge is 0.493 e. The van der Waals surface area contributed by atoms with Gasteiger partial charge in [-0.3, -0.25) is 0 Å². The molecule has 0 aliphatic carbocycles. The van der Waals surface area contributed by atoms with Gasteiger partial charge in [-0.1, -0.05) is 30.7 Å². The lowest BCUT2D eigenvalue weighted by atomic mass is 10.1. The maximum atomic E-state index is 6.35. The SMILES string of the molecule is CCCOc1c(CNCc2cc(OC)c(OC)cc2Cl)cccc1OC. The topological polar surface area (TPSA) is 49.0 Å². The van der Waals surface area contributed by atoms with Gasteiger partial charge in [0, 0.05) is 29.7 Å². The first-order valence-electron chi connectivity index (χ1n) is 8.54. The first kappa shape index (κ1) is 20.2. The first-order valence-corrected chi connectivity index (χ1v) is 8.92. The average molecular weight is 380 g/mol. The predicted octanol–water partition coefficient (Wildman–Crippen LogP) is 4.44. The van der Waals surface area contributed by atoms with Crippen LogP contribution in [-0.2, 0) is 13.1 Å². The molecule has 2 aromatic rings. The van der Waals surface area contributed by atoms with Gasteiger partial charge in [-0.15, -0.1) is 0 Å². The van der Waals surface area contributed by atoms with E-state index in [1.807, 2.05) is 24.3 Å². The van der Waals surface area contributed by atoms with Gasteiger partial charge < -0.3 is 24.3 Å². The molecule has 0 amide bonds. The third kappa shape index (κ3) is 4.96. The number of para-hydroxylation sites is 1. The van der Waals surface area contributed by atoms with E-state index < -0.39 is 0 Å². The molecular weight excluding hydrogens is 354 g/mol. The van der Waals surface area contributed by atoms with Crippen LogP contribution in [0.5, 0.6) is 23.0 Å². The van der Waals surface area contributed by atoms with Crippen LogP contribution >= 0.6 is 11.6 Å². The smallest absolute Gasteiger partial charge is 0.165 e. The van der Waals surface area contributed by atoms with Gasteiger partial charge in [-0.25, -0.2) is 0 Å². The second-order valence-corrected chi connectivity index (χ2v) is 6.11. The molecule has 26 heavy (non-hydrogen) atoms. The van der Waals surface area contributed by atoms with Crippen LogP contribution in [0.25, 0.3) is 0 Å². The van der Waals surface area contributed by atoms with Gasteiger partial charge in [-0.2, -0.15) is 0 Å². The summed E-state index contributed by atoms with van der Waals surface area (Å²) in [5.41, 5.74) is 1.97. The van der Waals surface area contributed by atoms with E-state index in [-0.39, 0.29) is 0 Å². The van der Waals surface area contributed by atoms with Crippen LogP contribution in [0.4, 0.5) is 0 Å². The summed E-state index contributed by atoms with van der Waals surface area (Å²) in [6.07, 6.45) is 0.937. The number of methoxy groups -OCH3 is 3. The average Bonchev–Trinajstić information content (AvgIpc) is 2.67. The number of hydrogen-bond donors (Lipinski definition) is 1. The molecule has 2 aromatic carbocycles. The molecule has 0 fully saturated rings. The highest BCUT2D eigenvalue weighted by Crippen LogP contribution is 2.34. The molecule has 0 unspecified atom stereocenters. The number of halogens is 1. The van der Waals surface area contributed by atoms with Crippen molar-refractivity contribution in [3.05, 3.63) is 46.5 Å². The lowest BCUT2D eigenvalue weighted by molar-refractivity contribution is 0.290. The zero-order chi connectivity index (χ0) is 18.9. The number of nitrogens with one attached hydrogen (secondary N) is 1. The molecule has 142 valence electrons. The summed E-state index contributed by atoms with van der Waals surface area (Å²) < 4.78 is 21.9. The fourth-order valence-corrected chi connectivity index (χ4v) is 2.81. The summed E-state index contributed by atoms with van der Waals surface area (Å²) in [4.78, 5) is 0. The van der Waals surface area contributed by atoms with Crippen LogP contribution in [0.1, 0.15) is 24.5 Å². The molecule has 0 aliphatic rings. The number of hydrogen-bond acceptors (Lipinski definition) is 5. The highest BCUT2D eigenvalue weighted by molar-refractivity contribution is 6.31. The fourth-order valence-electron chi connectivity index (χ4n) is 2.59. The molecule has 0 saturated heterocycles. The van der Waals surface area contributed by atoms with E-state index in [0.717, 1.165) is 29.0 Å². The number of rotatable bonds is 10. The molecule has 5 nitrogen and oxygen atoms in total. The Morgan fingerprint density at radius 2 is 1.54 bits per heavy atom. The van der Waals surface area contributed by atoms with Crippen LogP contribution in [0.3, 0.4) is 0 Å². The molecule has 0 saturated carbocycles. The van der Waals surface area contributed by atoms with Gasteiger partial charge >= 0.3 is 0 Å². The summed E-state index contributed by atoms with van der Waals surface area (Å²) in [6.45, 7) is 3.94. The molecule has 0 spiro atoms. The van der Waals surface area contributed by atoms with Crippen LogP contribution in [0, 0.1) is 0 Å². The van der Waals surface area contributed by atoms with Gasteiger partial charge in [0.25, 0.3) is 0 Å². The molecule has 0 bridgehead atoms. The van der Waals surface area contributed by atoms with Crippen molar-refractivity contribution in [2.75, 3.05) is 27.9 Å². The Balaban J connectivity index is 2.10. The van der Waals surface area contributed by atoms with Crippen molar-refractivity contribution in [2.45, 2.75) is 26.4 Å². The molecule has 0 atom stereocenters. The third-order valence-corrected chi connectivity index (χ3v) is 4.27. The predicted molar refractivity (Wildman–Crippen MR) is 104 cm³/mol. The van der Waals surface area contributed by atoms with Crippen molar-refractivity contribution < 1.29 is 18.9 Å². The Kier molecular flexibility index (Phi) is 7.88. The summed E-state index contributed by atoms with van der Waals surface area (Å²) in [5.74, 6) is 2.79. The quantitative estimate of drug-likeness (QED) is 0.661. The van der Waals surface area contributed by atoms with E-state index in [9.17, 15) is 0 Å². The van der Waals surface area contributed by atoms with E-state index in [4.69, 9.17) is 30.5 Å². The van der Waals surface area contributed by atoms with Crippen molar-refractivity contribution in [1.82, 2.24) is 5.32 Å². The monoisotopic (exact) mass is 379 g/mol. The van der Waals surface area contributed by atoms with Crippen molar-refractivity contribution in [1.29, 1.82) is 0 Å². The Hall–Kier alpha value is -2.11. The van der Waals surface area contributed by atoms with Crippen molar-refractivity contribution in [3.8, 4) is 23.0 Å².